The summed E-state index contributed by atoms with van der Waals surface area (Å²) in [6, 6.07) is 10.5. The number of nitrogens with two attached hydrogens (primary N) is 1. The lowest BCUT2D eigenvalue weighted by molar-refractivity contribution is 0.420. The minimum Gasteiger partial charge on any atom is -0.494 e. The predicted octanol–water partition coefficient (Wildman–Crippen LogP) is 1.61. The number of ether oxygens (including phenoxy) is 1. The Morgan fingerprint density at radius 2 is 2.11 bits per heavy atom. The number of H-pyrrole nitrogens is 2. The first-order chi connectivity index (χ1) is 13.7. The van der Waals surface area contributed by atoms with E-state index in [4.69, 9.17) is 10.5 Å². The fourth-order valence-electron chi connectivity index (χ4n) is 3.27. The van der Waals surface area contributed by atoms with Crippen molar-refractivity contribution in [3.8, 4) is 28.3 Å². The maximum atomic E-state index is 12.7. The molecule has 4 N–H and O–H groups in total. The molecule has 0 radical (unpaired) electrons. The summed E-state index contributed by atoms with van der Waals surface area (Å²) in [5, 5.41) is 14.8. The van der Waals surface area contributed by atoms with Crippen LogP contribution in [-0.4, -0.2) is 42.1 Å². The van der Waals surface area contributed by atoms with Gasteiger partial charge < -0.3 is 15.5 Å². The van der Waals surface area contributed by atoms with E-state index in [1.807, 2.05) is 18.2 Å². The van der Waals surface area contributed by atoms with Crippen molar-refractivity contribution in [2.75, 3.05) is 12.8 Å². The van der Waals surface area contributed by atoms with Gasteiger partial charge in [-0.15, -0.1) is 10.2 Å². The summed E-state index contributed by atoms with van der Waals surface area (Å²) < 4.78 is 6.77. The Balaban J connectivity index is 1.82. The second-order valence-corrected chi connectivity index (χ2v) is 6.11. The molecule has 0 bridgehead atoms. The van der Waals surface area contributed by atoms with Crippen molar-refractivity contribution in [3.63, 3.8) is 0 Å². The number of rotatable bonds is 3. The van der Waals surface area contributed by atoms with Gasteiger partial charge in [0, 0.05) is 17.8 Å². The average molecular weight is 374 g/mol. The molecular weight excluding hydrogens is 360 g/mol. The Labute approximate surface area is 157 Å². The van der Waals surface area contributed by atoms with Crippen molar-refractivity contribution in [2.45, 2.75) is 0 Å². The van der Waals surface area contributed by atoms with E-state index in [0.29, 0.717) is 39.4 Å². The predicted molar refractivity (Wildman–Crippen MR) is 103 cm³/mol. The van der Waals surface area contributed by atoms with Gasteiger partial charge in [-0.05, 0) is 24.3 Å². The molecule has 138 valence electrons. The monoisotopic (exact) mass is 374 g/mol. The largest absolute Gasteiger partial charge is 0.494 e. The number of nitrogens with one attached hydrogen (secondary N) is 2. The molecule has 0 saturated heterocycles. The number of nitrogens with zero attached hydrogens (tertiary/aromatic N) is 5. The van der Waals surface area contributed by atoms with Crippen LogP contribution >= 0.6 is 0 Å². The molecule has 0 amide bonds. The number of fused-ring (bicyclic) bond motifs is 2. The molecule has 10 nitrogen and oxygen atoms in total. The molecule has 0 aliphatic heterocycles. The Morgan fingerprint density at radius 1 is 1.21 bits per heavy atom. The van der Waals surface area contributed by atoms with Crippen molar-refractivity contribution < 1.29 is 4.74 Å². The van der Waals surface area contributed by atoms with Crippen molar-refractivity contribution in [1.82, 2.24) is 35.0 Å². The fraction of sp³-hybridized carbons (Fsp3) is 0.0556. The molecule has 1 aromatic carbocycles. The van der Waals surface area contributed by atoms with Crippen LogP contribution in [-0.2, 0) is 0 Å². The summed E-state index contributed by atoms with van der Waals surface area (Å²) in [5.41, 5.74) is 9.86. The third-order valence-electron chi connectivity index (χ3n) is 4.51. The number of aromatic amines is 2. The van der Waals surface area contributed by atoms with Crippen LogP contribution in [0.2, 0.25) is 0 Å². The van der Waals surface area contributed by atoms with Gasteiger partial charge in [-0.25, -0.2) is 0 Å². The molecule has 4 heterocycles. The lowest BCUT2D eigenvalue weighted by atomic mass is 10.1. The Morgan fingerprint density at radius 3 is 2.89 bits per heavy atom. The van der Waals surface area contributed by atoms with E-state index < -0.39 is 0 Å². The van der Waals surface area contributed by atoms with Gasteiger partial charge in [-0.3, -0.25) is 14.9 Å². The normalized spacial score (nSPS) is 11.3. The number of benzene rings is 1. The lowest BCUT2D eigenvalue weighted by Gasteiger charge is -2.09. The van der Waals surface area contributed by atoms with Crippen LogP contribution in [0, 0.1) is 0 Å². The fourth-order valence-corrected chi connectivity index (χ4v) is 3.27. The van der Waals surface area contributed by atoms with Gasteiger partial charge in [0.2, 0.25) is 0 Å². The van der Waals surface area contributed by atoms with Gasteiger partial charge in [0.15, 0.2) is 17.1 Å². The molecule has 5 aromatic rings. The first kappa shape index (κ1) is 16.0. The van der Waals surface area contributed by atoms with E-state index in [9.17, 15) is 4.79 Å². The van der Waals surface area contributed by atoms with Gasteiger partial charge in [-0.1, -0.05) is 11.3 Å². The number of hydrogen-bond acceptors (Lipinski definition) is 7. The topological polar surface area (TPSA) is 140 Å². The van der Waals surface area contributed by atoms with Crippen LogP contribution in [0.3, 0.4) is 0 Å². The smallest absolute Gasteiger partial charge is 0.274 e. The third kappa shape index (κ3) is 2.24. The summed E-state index contributed by atoms with van der Waals surface area (Å²) in [4.78, 5) is 20.3. The SMILES string of the molecule is COc1c(-c2cc(=O)n3nc(N)c(-c4ccccn4)c3[nH]2)ccc2[nH]nnc12. The van der Waals surface area contributed by atoms with Crippen molar-refractivity contribution in [1.29, 1.82) is 0 Å². The molecule has 28 heavy (non-hydrogen) atoms. The van der Waals surface area contributed by atoms with E-state index in [0.717, 1.165) is 5.52 Å². The standard InChI is InChI=1S/C18H14N8O2/c1-28-16-9(5-6-11-15(16)23-25-22-11)12-8-13(27)26-18(21-12)14(17(19)24-26)10-4-2-3-7-20-10/h2-8,21H,1H3,(H2,19,24)(H,22,23,25). The molecule has 4 aromatic heterocycles. The maximum Gasteiger partial charge on any atom is 0.274 e. The van der Waals surface area contributed by atoms with Gasteiger partial charge in [0.25, 0.3) is 5.56 Å². The van der Waals surface area contributed by atoms with Crippen LogP contribution in [0.4, 0.5) is 5.82 Å². The van der Waals surface area contributed by atoms with E-state index in [-0.39, 0.29) is 11.4 Å². The van der Waals surface area contributed by atoms with Crippen LogP contribution in [0.25, 0.3) is 39.2 Å². The van der Waals surface area contributed by atoms with Gasteiger partial charge >= 0.3 is 0 Å². The summed E-state index contributed by atoms with van der Waals surface area (Å²) in [5.74, 6) is 0.709. The summed E-state index contributed by atoms with van der Waals surface area (Å²) in [6.45, 7) is 0. The molecule has 5 rings (SSSR count). The molecule has 0 saturated carbocycles. The zero-order chi connectivity index (χ0) is 19.3. The average Bonchev–Trinajstić information content (AvgIpc) is 3.31. The first-order valence-corrected chi connectivity index (χ1v) is 8.38. The molecule has 0 aliphatic rings. The number of aromatic nitrogens is 7. The molecule has 0 atom stereocenters. The quantitative estimate of drug-likeness (QED) is 0.436. The second kappa shape index (κ2) is 5.91. The highest BCUT2D eigenvalue weighted by molar-refractivity contribution is 5.90. The number of methoxy groups -OCH3 is 1. The van der Waals surface area contributed by atoms with Crippen molar-refractivity contribution in [3.05, 3.63) is 52.9 Å². The summed E-state index contributed by atoms with van der Waals surface area (Å²) >= 11 is 0. The molecule has 0 fully saturated rings. The molecular formula is C18H14N8O2. The highest BCUT2D eigenvalue weighted by Gasteiger charge is 2.19. The minimum atomic E-state index is -0.333. The van der Waals surface area contributed by atoms with Crippen LogP contribution in [0.1, 0.15) is 0 Å². The first-order valence-electron chi connectivity index (χ1n) is 8.38. The molecule has 10 heteroatoms. The molecule has 0 unspecified atom stereocenters. The van der Waals surface area contributed by atoms with Gasteiger partial charge in [-0.2, -0.15) is 4.52 Å². The Bertz CT molecular complexity index is 1380. The maximum absolute atomic E-state index is 12.7. The Hall–Kier alpha value is -4.21. The van der Waals surface area contributed by atoms with Gasteiger partial charge in [0.05, 0.1) is 29.6 Å². The zero-order valence-corrected chi connectivity index (χ0v) is 14.7. The highest BCUT2D eigenvalue weighted by atomic mass is 16.5. The van der Waals surface area contributed by atoms with E-state index in [1.165, 1.54) is 10.6 Å². The zero-order valence-electron chi connectivity index (χ0n) is 14.7. The molecule has 0 spiro atoms. The van der Waals surface area contributed by atoms with Crippen molar-refractivity contribution in [2.24, 2.45) is 0 Å². The third-order valence-corrected chi connectivity index (χ3v) is 4.51. The number of anilines is 1. The Kier molecular flexibility index (Phi) is 3.38. The van der Waals surface area contributed by atoms with E-state index >= 15 is 0 Å². The van der Waals surface area contributed by atoms with E-state index in [2.05, 4.69) is 30.5 Å². The summed E-state index contributed by atoms with van der Waals surface area (Å²) in [6.07, 6.45) is 1.65. The van der Waals surface area contributed by atoms with Crippen molar-refractivity contribution >= 4 is 22.5 Å². The van der Waals surface area contributed by atoms with Crippen LogP contribution < -0.4 is 16.0 Å². The summed E-state index contributed by atoms with van der Waals surface area (Å²) in [7, 11) is 1.54. The number of nitrogen functional groups attached to an aromatic ring is 1. The number of pyridine rings is 1. The minimum absolute atomic E-state index is 0.211. The van der Waals surface area contributed by atoms with E-state index in [1.54, 1.807) is 25.4 Å². The van der Waals surface area contributed by atoms with Gasteiger partial charge in [0.1, 0.15) is 5.65 Å². The lowest BCUT2D eigenvalue weighted by Crippen LogP contribution is -2.14. The van der Waals surface area contributed by atoms with Crippen LogP contribution in [0.15, 0.2) is 47.4 Å². The molecule has 0 aliphatic carbocycles. The second-order valence-electron chi connectivity index (χ2n) is 6.11. The number of hydrogen-bond donors (Lipinski definition) is 3. The van der Waals surface area contributed by atoms with Crippen LogP contribution in [0.5, 0.6) is 5.75 Å². The highest BCUT2D eigenvalue weighted by Crippen LogP contribution is 2.35.